The van der Waals surface area contributed by atoms with Gasteiger partial charge in [-0.2, -0.15) is 0 Å². The summed E-state index contributed by atoms with van der Waals surface area (Å²) in [6.07, 6.45) is 18.1. The lowest BCUT2D eigenvalue weighted by atomic mass is 9.47. The number of rotatable bonds is 9. The second-order valence-corrected chi connectivity index (χ2v) is 13.5. The van der Waals surface area contributed by atoms with E-state index in [1.165, 1.54) is 64.2 Å². The quantitative estimate of drug-likeness (QED) is 0.272. The van der Waals surface area contributed by atoms with E-state index in [-0.39, 0.29) is 12.2 Å². The van der Waals surface area contributed by atoms with E-state index < -0.39 is 0 Å². The minimum atomic E-state index is -0.242. The van der Waals surface area contributed by atoms with E-state index in [1.54, 1.807) is 5.57 Å². The van der Waals surface area contributed by atoms with Crippen LogP contribution in [0.3, 0.4) is 0 Å². The van der Waals surface area contributed by atoms with Crippen molar-refractivity contribution in [1.82, 2.24) is 10.2 Å². The first-order valence-corrected chi connectivity index (χ1v) is 15.0. The molecule has 35 heavy (non-hydrogen) atoms. The zero-order valence-electron chi connectivity index (χ0n) is 23.7. The van der Waals surface area contributed by atoms with Gasteiger partial charge in [-0.15, -0.1) is 0 Å². The Kier molecular flexibility index (Phi) is 8.61. The van der Waals surface area contributed by atoms with Gasteiger partial charge in [0.2, 0.25) is 0 Å². The number of allylic oxidation sites excluding steroid dienone is 1. The van der Waals surface area contributed by atoms with Crippen molar-refractivity contribution >= 4 is 6.09 Å². The molecule has 4 aliphatic carbocycles. The summed E-state index contributed by atoms with van der Waals surface area (Å²) in [6.45, 7) is 11.6. The molecule has 3 fully saturated rings. The van der Waals surface area contributed by atoms with E-state index in [1.807, 2.05) is 14.1 Å². The molecule has 0 aromatic heterocycles. The third kappa shape index (κ3) is 5.48. The van der Waals surface area contributed by atoms with Gasteiger partial charge < -0.3 is 15.0 Å². The Morgan fingerprint density at radius 2 is 1.94 bits per heavy atom. The molecule has 0 heterocycles. The van der Waals surface area contributed by atoms with Gasteiger partial charge in [0.1, 0.15) is 6.10 Å². The second kappa shape index (κ2) is 11.2. The fourth-order valence-corrected chi connectivity index (χ4v) is 9.20. The van der Waals surface area contributed by atoms with Crippen LogP contribution < -0.4 is 5.32 Å². The highest BCUT2D eigenvalue weighted by Crippen LogP contribution is 2.67. The average molecular weight is 487 g/mol. The normalized spacial score (nSPS) is 39.3. The van der Waals surface area contributed by atoms with Crippen molar-refractivity contribution in [2.24, 2.45) is 40.4 Å². The van der Waals surface area contributed by atoms with Gasteiger partial charge in [-0.25, -0.2) is 4.79 Å². The van der Waals surface area contributed by atoms with Gasteiger partial charge in [0.25, 0.3) is 0 Å². The number of hydrogen-bond acceptors (Lipinski definition) is 3. The molecule has 1 unspecified atom stereocenters. The lowest BCUT2D eigenvalue weighted by Gasteiger charge is -2.58. The second-order valence-electron chi connectivity index (χ2n) is 13.5. The van der Waals surface area contributed by atoms with E-state index in [0.29, 0.717) is 17.4 Å². The summed E-state index contributed by atoms with van der Waals surface area (Å²) >= 11 is 0. The largest absolute Gasteiger partial charge is 0.446 e. The van der Waals surface area contributed by atoms with Gasteiger partial charge >= 0.3 is 6.09 Å². The number of nitrogens with zero attached hydrogens (tertiary/aromatic N) is 1. The van der Waals surface area contributed by atoms with Gasteiger partial charge in [0.05, 0.1) is 0 Å². The molecule has 0 spiro atoms. The van der Waals surface area contributed by atoms with E-state index in [0.717, 1.165) is 49.0 Å². The van der Waals surface area contributed by atoms with Gasteiger partial charge in [-0.3, -0.25) is 0 Å². The standard InChI is InChI=1S/C31H54N2O2/c1-7-8-9-10-22(2)26-13-14-27-25-12-11-23-21-24(35-29(34)32-19-20-33(5)6)15-17-30(23,3)28(25)16-18-31(26,27)4/h11,22,24-28H,7-10,12-21H2,1-6H3,(H,32,34)/t22-,24+,25?,26-,27+,28+,30+,31-/m1/s1. The molecule has 0 aromatic rings. The number of ether oxygens (including phenoxy) is 1. The molecule has 0 bridgehead atoms. The number of likely N-dealkylation sites (N-methyl/N-ethyl adjacent to an activating group) is 1. The summed E-state index contributed by atoms with van der Waals surface area (Å²) in [6, 6.07) is 0. The Balaban J connectivity index is 1.38. The van der Waals surface area contributed by atoms with Gasteiger partial charge in [-0.05, 0) is 99.5 Å². The molecule has 4 heteroatoms. The Hall–Kier alpha value is -1.03. The van der Waals surface area contributed by atoms with E-state index in [2.05, 4.69) is 44.0 Å². The Labute approximate surface area is 216 Å². The molecule has 0 aliphatic heterocycles. The molecule has 200 valence electrons. The van der Waals surface area contributed by atoms with Gasteiger partial charge in [-0.1, -0.05) is 65.0 Å². The Morgan fingerprint density at radius 3 is 2.69 bits per heavy atom. The van der Waals surface area contributed by atoms with E-state index >= 15 is 0 Å². The SMILES string of the molecule is CCCCC[C@@H](C)[C@H]1CC[C@H]2C3CC=C4C[C@@H](OC(=O)NCCN(C)C)CC[C@]4(C)[C@H]3CC[C@]12C. The molecule has 3 saturated carbocycles. The highest BCUT2D eigenvalue weighted by Gasteiger charge is 2.59. The van der Waals surface area contributed by atoms with Crippen molar-refractivity contribution in [3.8, 4) is 0 Å². The van der Waals surface area contributed by atoms with Crippen LogP contribution in [0.15, 0.2) is 11.6 Å². The average Bonchev–Trinajstić information content (AvgIpc) is 3.16. The first-order chi connectivity index (χ1) is 16.7. The minimum absolute atomic E-state index is 0.0407. The minimum Gasteiger partial charge on any atom is -0.446 e. The highest BCUT2D eigenvalue weighted by atomic mass is 16.6. The maximum Gasteiger partial charge on any atom is 0.407 e. The Bertz CT molecular complexity index is 763. The molecule has 0 radical (unpaired) electrons. The van der Waals surface area contributed by atoms with Crippen molar-refractivity contribution in [3.63, 3.8) is 0 Å². The Morgan fingerprint density at radius 1 is 1.14 bits per heavy atom. The van der Waals surface area contributed by atoms with Crippen LogP contribution in [0.4, 0.5) is 4.79 Å². The number of unbranched alkanes of at least 4 members (excludes halogenated alkanes) is 2. The summed E-state index contributed by atoms with van der Waals surface area (Å²) in [4.78, 5) is 14.4. The number of hydrogen-bond donors (Lipinski definition) is 1. The first kappa shape index (κ1) is 27.0. The topological polar surface area (TPSA) is 41.6 Å². The molecule has 1 amide bonds. The van der Waals surface area contributed by atoms with E-state index in [9.17, 15) is 4.79 Å². The third-order valence-electron chi connectivity index (χ3n) is 11.2. The van der Waals surface area contributed by atoms with Crippen molar-refractivity contribution in [1.29, 1.82) is 0 Å². The molecule has 8 atom stereocenters. The van der Waals surface area contributed by atoms with Crippen LogP contribution in [0.25, 0.3) is 0 Å². The van der Waals surface area contributed by atoms with Gasteiger partial charge in [0.15, 0.2) is 0 Å². The third-order valence-corrected chi connectivity index (χ3v) is 11.2. The molecule has 4 rings (SSSR count). The highest BCUT2D eigenvalue weighted by molar-refractivity contribution is 5.67. The number of carbonyl (C=O) groups excluding carboxylic acids is 1. The monoisotopic (exact) mass is 486 g/mol. The lowest BCUT2D eigenvalue weighted by molar-refractivity contribution is -0.0581. The van der Waals surface area contributed by atoms with Crippen LogP contribution in [-0.2, 0) is 4.74 Å². The lowest BCUT2D eigenvalue weighted by Crippen LogP contribution is -2.51. The number of amides is 1. The molecule has 4 aliphatic rings. The van der Waals surface area contributed by atoms with Crippen molar-refractivity contribution < 1.29 is 9.53 Å². The van der Waals surface area contributed by atoms with Crippen molar-refractivity contribution in [2.45, 2.75) is 111 Å². The molecule has 4 nitrogen and oxygen atoms in total. The maximum absolute atomic E-state index is 12.3. The summed E-state index contributed by atoms with van der Waals surface area (Å²) in [5, 5.41) is 2.92. The molecule has 0 aromatic carbocycles. The van der Waals surface area contributed by atoms with Crippen LogP contribution in [-0.4, -0.2) is 44.3 Å². The zero-order chi connectivity index (χ0) is 25.2. The smallest absolute Gasteiger partial charge is 0.407 e. The van der Waals surface area contributed by atoms with Crippen molar-refractivity contribution in [3.05, 3.63) is 11.6 Å². The first-order valence-electron chi connectivity index (χ1n) is 15.0. The number of alkyl carbamates (subject to hydrolysis) is 1. The van der Waals surface area contributed by atoms with Crippen LogP contribution in [0.1, 0.15) is 105 Å². The summed E-state index contributed by atoms with van der Waals surface area (Å²) in [5.74, 6) is 4.41. The van der Waals surface area contributed by atoms with Crippen molar-refractivity contribution in [2.75, 3.05) is 27.2 Å². The predicted octanol–water partition coefficient (Wildman–Crippen LogP) is 7.44. The molecule has 1 N–H and O–H groups in total. The summed E-state index contributed by atoms with van der Waals surface area (Å²) in [5.41, 5.74) is 2.47. The van der Waals surface area contributed by atoms with Crippen LogP contribution >= 0.6 is 0 Å². The predicted molar refractivity (Wildman–Crippen MR) is 145 cm³/mol. The number of nitrogens with one attached hydrogen (secondary N) is 1. The molecular formula is C31H54N2O2. The summed E-state index contributed by atoms with van der Waals surface area (Å²) in [7, 11) is 4.04. The number of fused-ring (bicyclic) bond motifs is 5. The van der Waals surface area contributed by atoms with Crippen LogP contribution in [0.2, 0.25) is 0 Å². The van der Waals surface area contributed by atoms with Gasteiger partial charge in [0, 0.05) is 19.5 Å². The van der Waals surface area contributed by atoms with Crippen LogP contribution in [0, 0.1) is 40.4 Å². The fourth-order valence-electron chi connectivity index (χ4n) is 9.20. The maximum atomic E-state index is 12.3. The summed E-state index contributed by atoms with van der Waals surface area (Å²) < 4.78 is 5.86. The fraction of sp³-hybridized carbons (Fsp3) is 0.903. The number of carbonyl (C=O) groups is 1. The molecule has 0 saturated heterocycles. The molecular weight excluding hydrogens is 432 g/mol. The van der Waals surface area contributed by atoms with E-state index in [4.69, 9.17) is 4.74 Å². The van der Waals surface area contributed by atoms with Crippen LogP contribution in [0.5, 0.6) is 0 Å². The zero-order valence-corrected chi connectivity index (χ0v) is 23.7.